The average Bonchev–Trinajstić information content (AvgIpc) is 2.50. The molecule has 2 fully saturated rings. The van der Waals surface area contributed by atoms with Crippen molar-refractivity contribution in [2.24, 2.45) is 10.8 Å². The van der Waals surface area contributed by atoms with Gasteiger partial charge in [0.05, 0.1) is 12.7 Å². The highest BCUT2D eigenvalue weighted by Crippen LogP contribution is 2.43. The fourth-order valence-electron chi connectivity index (χ4n) is 3.42. The first-order valence-corrected chi connectivity index (χ1v) is 8.58. The van der Waals surface area contributed by atoms with Gasteiger partial charge in [0.2, 0.25) is 0 Å². The third-order valence-electron chi connectivity index (χ3n) is 5.61. The summed E-state index contributed by atoms with van der Waals surface area (Å²) >= 11 is 0. The molecule has 4 nitrogen and oxygen atoms in total. The van der Waals surface area contributed by atoms with Crippen LogP contribution in [0.15, 0.2) is 0 Å². The maximum absolute atomic E-state index is 9.75. The quantitative estimate of drug-likeness (QED) is 0.676. The number of rotatable bonds is 8. The molecule has 21 heavy (non-hydrogen) atoms. The van der Waals surface area contributed by atoms with E-state index in [9.17, 15) is 5.11 Å². The number of unbranched alkanes of at least 4 members (excludes halogenated alkanes) is 1. The van der Waals surface area contributed by atoms with Gasteiger partial charge in [0.25, 0.3) is 0 Å². The molecule has 0 aromatic carbocycles. The lowest BCUT2D eigenvalue weighted by Gasteiger charge is -2.53. The molecule has 1 aliphatic carbocycles. The summed E-state index contributed by atoms with van der Waals surface area (Å²) in [5.74, 6) is 0. The lowest BCUT2D eigenvalue weighted by molar-refractivity contribution is -0.122. The highest BCUT2D eigenvalue weighted by Gasteiger charge is 2.49. The maximum atomic E-state index is 9.75. The van der Waals surface area contributed by atoms with Gasteiger partial charge in [-0.3, -0.25) is 0 Å². The molecule has 1 aliphatic heterocycles. The van der Waals surface area contributed by atoms with Crippen molar-refractivity contribution < 1.29 is 14.6 Å². The third-order valence-corrected chi connectivity index (χ3v) is 5.61. The van der Waals surface area contributed by atoms with E-state index in [4.69, 9.17) is 9.47 Å². The van der Waals surface area contributed by atoms with Crippen LogP contribution in [0.3, 0.4) is 0 Å². The standard InChI is InChI=1S/C17H33NO3/c1-4-5-8-21-15-11-14(16(15,2)3)18-12-17(13-19)6-9-20-10-7-17/h14-15,18-19H,4-13H2,1-3H3. The van der Waals surface area contributed by atoms with Crippen LogP contribution in [0, 0.1) is 10.8 Å². The number of hydrogen-bond donors (Lipinski definition) is 2. The van der Waals surface area contributed by atoms with Gasteiger partial charge in [0.15, 0.2) is 0 Å². The van der Waals surface area contributed by atoms with Crippen molar-refractivity contribution in [3.8, 4) is 0 Å². The van der Waals surface area contributed by atoms with E-state index in [2.05, 4.69) is 26.1 Å². The second kappa shape index (κ2) is 7.40. The predicted molar refractivity (Wildman–Crippen MR) is 84.4 cm³/mol. The molecule has 0 aromatic heterocycles. The molecule has 124 valence electrons. The summed E-state index contributed by atoms with van der Waals surface area (Å²) in [7, 11) is 0. The molecule has 2 N–H and O–H groups in total. The zero-order valence-corrected chi connectivity index (χ0v) is 14.0. The summed E-state index contributed by atoms with van der Waals surface area (Å²) in [6.07, 6.45) is 5.73. The van der Waals surface area contributed by atoms with Gasteiger partial charge >= 0.3 is 0 Å². The second-order valence-electron chi connectivity index (χ2n) is 7.47. The Hall–Kier alpha value is -0.160. The Morgan fingerprint density at radius 3 is 2.57 bits per heavy atom. The minimum absolute atomic E-state index is 0.0164. The summed E-state index contributed by atoms with van der Waals surface area (Å²) in [5, 5.41) is 13.4. The smallest absolute Gasteiger partial charge is 0.0655 e. The van der Waals surface area contributed by atoms with Gasteiger partial charge in [-0.2, -0.15) is 0 Å². The van der Waals surface area contributed by atoms with Crippen molar-refractivity contribution in [3.63, 3.8) is 0 Å². The van der Waals surface area contributed by atoms with Gasteiger partial charge in [0.1, 0.15) is 0 Å². The number of aliphatic hydroxyl groups excluding tert-OH is 1. The van der Waals surface area contributed by atoms with Gasteiger partial charge in [-0.15, -0.1) is 0 Å². The Balaban J connectivity index is 1.76. The van der Waals surface area contributed by atoms with Crippen LogP contribution in [-0.2, 0) is 9.47 Å². The van der Waals surface area contributed by atoms with Crippen molar-refractivity contribution in [2.45, 2.75) is 65.0 Å². The van der Waals surface area contributed by atoms with E-state index in [1.54, 1.807) is 0 Å². The van der Waals surface area contributed by atoms with Gasteiger partial charge in [-0.05, 0) is 25.7 Å². The molecule has 0 radical (unpaired) electrons. The number of ether oxygens (including phenoxy) is 2. The minimum atomic E-state index is 0.0164. The maximum Gasteiger partial charge on any atom is 0.0655 e. The van der Waals surface area contributed by atoms with E-state index in [1.807, 2.05) is 0 Å². The Kier molecular flexibility index (Phi) is 6.06. The molecule has 1 heterocycles. The van der Waals surface area contributed by atoms with Gasteiger partial charge in [-0.25, -0.2) is 0 Å². The normalized spacial score (nSPS) is 30.9. The van der Waals surface area contributed by atoms with Gasteiger partial charge in [0, 0.05) is 43.2 Å². The molecule has 2 rings (SSSR count). The molecular weight excluding hydrogens is 266 g/mol. The van der Waals surface area contributed by atoms with Crippen molar-refractivity contribution in [1.29, 1.82) is 0 Å². The number of aliphatic hydroxyl groups is 1. The molecule has 1 saturated heterocycles. The van der Waals surface area contributed by atoms with Crippen LogP contribution in [0.1, 0.15) is 52.9 Å². The van der Waals surface area contributed by atoms with Crippen LogP contribution in [0.2, 0.25) is 0 Å². The van der Waals surface area contributed by atoms with Crippen molar-refractivity contribution in [3.05, 3.63) is 0 Å². The monoisotopic (exact) mass is 299 g/mol. The van der Waals surface area contributed by atoms with Crippen molar-refractivity contribution in [2.75, 3.05) is 33.0 Å². The molecule has 2 atom stereocenters. The summed E-state index contributed by atoms with van der Waals surface area (Å²) in [6.45, 7) is 10.4. The Labute approximate surface area is 129 Å². The molecule has 4 heteroatoms. The first-order valence-electron chi connectivity index (χ1n) is 8.58. The van der Waals surface area contributed by atoms with Crippen molar-refractivity contribution in [1.82, 2.24) is 5.32 Å². The zero-order valence-electron chi connectivity index (χ0n) is 14.0. The highest BCUT2D eigenvalue weighted by molar-refractivity contribution is 5.03. The summed E-state index contributed by atoms with van der Waals surface area (Å²) < 4.78 is 11.4. The molecule has 0 spiro atoms. The average molecular weight is 299 g/mol. The number of hydrogen-bond acceptors (Lipinski definition) is 4. The lowest BCUT2D eigenvalue weighted by atomic mass is 9.64. The Bertz CT molecular complexity index is 313. The van der Waals surface area contributed by atoms with Crippen LogP contribution < -0.4 is 5.32 Å². The molecule has 0 bridgehead atoms. The Morgan fingerprint density at radius 1 is 1.29 bits per heavy atom. The Morgan fingerprint density at radius 2 is 2.00 bits per heavy atom. The zero-order chi connectivity index (χ0) is 15.3. The molecule has 0 aromatic rings. The third kappa shape index (κ3) is 3.98. The summed E-state index contributed by atoms with van der Waals surface area (Å²) in [4.78, 5) is 0. The largest absolute Gasteiger partial charge is 0.396 e. The predicted octanol–water partition coefficient (Wildman–Crippen LogP) is 2.35. The lowest BCUT2D eigenvalue weighted by Crippen LogP contribution is -2.62. The van der Waals surface area contributed by atoms with E-state index in [1.165, 1.54) is 6.42 Å². The molecule has 1 saturated carbocycles. The SMILES string of the molecule is CCCCOC1CC(NCC2(CO)CCOCC2)C1(C)C. The first kappa shape index (κ1) is 17.2. The number of nitrogens with one attached hydrogen (secondary N) is 1. The fraction of sp³-hybridized carbons (Fsp3) is 1.00. The van der Waals surface area contributed by atoms with E-state index in [-0.39, 0.29) is 17.4 Å². The van der Waals surface area contributed by atoms with Crippen LogP contribution in [0.25, 0.3) is 0 Å². The van der Waals surface area contributed by atoms with Crippen molar-refractivity contribution >= 4 is 0 Å². The molecule has 2 unspecified atom stereocenters. The first-order chi connectivity index (χ1) is 10.0. The second-order valence-corrected chi connectivity index (χ2v) is 7.47. The van der Waals surface area contributed by atoms with Crippen LogP contribution in [0.4, 0.5) is 0 Å². The topological polar surface area (TPSA) is 50.7 Å². The fourth-order valence-corrected chi connectivity index (χ4v) is 3.42. The highest BCUT2D eigenvalue weighted by atomic mass is 16.5. The van der Waals surface area contributed by atoms with Gasteiger partial charge < -0.3 is 19.9 Å². The molecular formula is C17H33NO3. The molecule has 0 amide bonds. The van der Waals surface area contributed by atoms with Gasteiger partial charge in [-0.1, -0.05) is 27.2 Å². The van der Waals surface area contributed by atoms with E-state index < -0.39 is 0 Å². The minimum Gasteiger partial charge on any atom is -0.396 e. The van der Waals surface area contributed by atoms with Crippen LogP contribution in [-0.4, -0.2) is 50.2 Å². The van der Waals surface area contributed by atoms with E-state index in [0.29, 0.717) is 12.1 Å². The van der Waals surface area contributed by atoms with E-state index >= 15 is 0 Å². The summed E-state index contributed by atoms with van der Waals surface area (Å²) in [5.41, 5.74) is 0.206. The van der Waals surface area contributed by atoms with Crippen LogP contribution >= 0.6 is 0 Å². The van der Waals surface area contributed by atoms with Crippen LogP contribution in [0.5, 0.6) is 0 Å². The summed E-state index contributed by atoms with van der Waals surface area (Å²) in [6, 6.07) is 0.496. The van der Waals surface area contributed by atoms with E-state index in [0.717, 1.165) is 52.0 Å². The molecule has 2 aliphatic rings.